The van der Waals surface area contributed by atoms with Crippen molar-refractivity contribution in [1.82, 2.24) is 0 Å². The molecule has 1 spiro atoms. The van der Waals surface area contributed by atoms with Crippen molar-refractivity contribution in [3.05, 3.63) is 0 Å². The molecule has 0 aromatic heterocycles. The highest BCUT2D eigenvalue weighted by Crippen LogP contribution is 2.62. The average Bonchev–Trinajstić information content (AvgIpc) is 2.56. The van der Waals surface area contributed by atoms with Gasteiger partial charge >= 0.3 is 0 Å². The Morgan fingerprint density at radius 1 is 1.33 bits per heavy atom. The Morgan fingerprint density at radius 3 is 2.67 bits per heavy atom. The molecule has 3 fully saturated rings. The van der Waals surface area contributed by atoms with Crippen LogP contribution < -0.4 is 0 Å². The molecule has 0 heterocycles. The first kappa shape index (κ1) is 6.93. The second-order valence-electron chi connectivity index (χ2n) is 4.70. The number of fused-ring (bicyclic) bond motifs is 3. The van der Waals surface area contributed by atoms with Gasteiger partial charge in [-0.2, -0.15) is 0 Å². The van der Waals surface area contributed by atoms with Crippen molar-refractivity contribution in [1.29, 1.82) is 0 Å². The minimum atomic E-state index is 0.400. The van der Waals surface area contributed by atoms with E-state index in [1.807, 2.05) is 0 Å². The molecule has 0 radical (unpaired) electrons. The molecule has 0 aliphatic heterocycles. The summed E-state index contributed by atoms with van der Waals surface area (Å²) in [7, 11) is 0. The van der Waals surface area contributed by atoms with E-state index in [0.717, 1.165) is 5.92 Å². The van der Waals surface area contributed by atoms with Crippen molar-refractivity contribution in [2.75, 3.05) is 0 Å². The standard InChI is InChI=1S/C10H15NO/c12-11-9-7-2-3-8(6-7)10(9)4-1-5-10/h7-8,12H,1-6H2. The van der Waals surface area contributed by atoms with Gasteiger partial charge in [-0.05, 0) is 38.0 Å². The van der Waals surface area contributed by atoms with Crippen molar-refractivity contribution < 1.29 is 5.21 Å². The van der Waals surface area contributed by atoms with E-state index in [2.05, 4.69) is 5.16 Å². The third kappa shape index (κ3) is 0.572. The topological polar surface area (TPSA) is 32.6 Å². The van der Waals surface area contributed by atoms with Gasteiger partial charge in [-0.25, -0.2) is 0 Å². The van der Waals surface area contributed by atoms with Crippen molar-refractivity contribution in [2.24, 2.45) is 22.4 Å². The summed E-state index contributed by atoms with van der Waals surface area (Å²) in [5, 5.41) is 12.5. The maximum atomic E-state index is 8.98. The van der Waals surface area contributed by atoms with E-state index >= 15 is 0 Å². The highest BCUT2D eigenvalue weighted by atomic mass is 16.4. The number of rotatable bonds is 0. The highest BCUT2D eigenvalue weighted by molar-refractivity contribution is 5.95. The van der Waals surface area contributed by atoms with Crippen molar-refractivity contribution >= 4 is 5.71 Å². The third-order valence-electron chi connectivity index (χ3n) is 4.46. The van der Waals surface area contributed by atoms with Crippen molar-refractivity contribution in [3.63, 3.8) is 0 Å². The number of oxime groups is 1. The maximum absolute atomic E-state index is 8.98. The molecule has 2 unspecified atom stereocenters. The summed E-state index contributed by atoms with van der Waals surface area (Å²) in [5.74, 6) is 1.53. The zero-order valence-corrected chi connectivity index (χ0v) is 7.29. The fourth-order valence-electron chi connectivity index (χ4n) is 3.75. The first-order valence-corrected chi connectivity index (χ1v) is 5.09. The zero-order chi connectivity index (χ0) is 8.18. The molecule has 0 saturated heterocycles. The van der Waals surface area contributed by atoms with Crippen LogP contribution in [0, 0.1) is 17.3 Å². The summed E-state index contributed by atoms with van der Waals surface area (Å²) in [6.07, 6.45) is 7.94. The normalized spacial score (nSPS) is 45.5. The quantitative estimate of drug-likeness (QED) is 0.434. The first-order valence-electron chi connectivity index (χ1n) is 5.09. The average molecular weight is 165 g/mol. The lowest BCUT2D eigenvalue weighted by atomic mass is 9.59. The summed E-state index contributed by atoms with van der Waals surface area (Å²) >= 11 is 0. The second-order valence-corrected chi connectivity index (χ2v) is 4.70. The lowest BCUT2D eigenvalue weighted by molar-refractivity contribution is 0.140. The van der Waals surface area contributed by atoms with Crippen molar-refractivity contribution in [3.8, 4) is 0 Å². The zero-order valence-electron chi connectivity index (χ0n) is 7.29. The highest BCUT2D eigenvalue weighted by Gasteiger charge is 2.58. The Kier molecular flexibility index (Phi) is 1.18. The molecule has 12 heavy (non-hydrogen) atoms. The lowest BCUT2D eigenvalue weighted by Crippen LogP contribution is -2.42. The number of hydrogen-bond donors (Lipinski definition) is 1. The van der Waals surface area contributed by atoms with Gasteiger partial charge in [0, 0.05) is 11.3 Å². The lowest BCUT2D eigenvalue weighted by Gasteiger charge is -2.45. The van der Waals surface area contributed by atoms with Crippen LogP contribution in [-0.4, -0.2) is 10.9 Å². The molecular formula is C10H15NO. The fourth-order valence-corrected chi connectivity index (χ4v) is 3.75. The Hall–Kier alpha value is -0.530. The predicted molar refractivity (Wildman–Crippen MR) is 46.3 cm³/mol. The summed E-state index contributed by atoms with van der Waals surface area (Å²) < 4.78 is 0. The van der Waals surface area contributed by atoms with Crippen molar-refractivity contribution in [2.45, 2.75) is 38.5 Å². The molecule has 0 aromatic carbocycles. The van der Waals surface area contributed by atoms with Gasteiger partial charge in [0.25, 0.3) is 0 Å². The SMILES string of the molecule is ON=C1C2CCC(C2)C12CCC2. The molecule has 66 valence electrons. The van der Waals surface area contributed by atoms with Crippen LogP contribution in [0.15, 0.2) is 5.16 Å². The molecule has 3 aliphatic rings. The summed E-state index contributed by atoms with van der Waals surface area (Å²) in [4.78, 5) is 0. The minimum absolute atomic E-state index is 0.400. The summed E-state index contributed by atoms with van der Waals surface area (Å²) in [6, 6.07) is 0. The van der Waals surface area contributed by atoms with E-state index in [0.29, 0.717) is 11.3 Å². The van der Waals surface area contributed by atoms with Crippen LogP contribution in [0.4, 0.5) is 0 Å². The van der Waals surface area contributed by atoms with Crippen LogP contribution in [0.2, 0.25) is 0 Å². The van der Waals surface area contributed by atoms with Gasteiger partial charge in [0.05, 0.1) is 5.71 Å². The van der Waals surface area contributed by atoms with E-state index in [1.54, 1.807) is 0 Å². The maximum Gasteiger partial charge on any atom is 0.0666 e. The molecule has 2 bridgehead atoms. The molecule has 2 atom stereocenters. The third-order valence-corrected chi connectivity index (χ3v) is 4.46. The predicted octanol–water partition coefficient (Wildman–Crippen LogP) is 2.42. The Morgan fingerprint density at radius 2 is 2.17 bits per heavy atom. The minimum Gasteiger partial charge on any atom is -0.411 e. The van der Waals surface area contributed by atoms with Gasteiger partial charge in [0.2, 0.25) is 0 Å². The van der Waals surface area contributed by atoms with Gasteiger partial charge in [-0.1, -0.05) is 11.6 Å². The molecule has 2 nitrogen and oxygen atoms in total. The monoisotopic (exact) mass is 165 g/mol. The van der Waals surface area contributed by atoms with Crippen LogP contribution in [0.25, 0.3) is 0 Å². The van der Waals surface area contributed by atoms with Crippen LogP contribution in [0.5, 0.6) is 0 Å². The van der Waals surface area contributed by atoms with Crippen LogP contribution in [0.3, 0.4) is 0 Å². The van der Waals surface area contributed by atoms with Gasteiger partial charge in [-0.15, -0.1) is 0 Å². The van der Waals surface area contributed by atoms with Crippen LogP contribution in [-0.2, 0) is 0 Å². The van der Waals surface area contributed by atoms with Gasteiger partial charge in [-0.3, -0.25) is 0 Å². The summed E-state index contributed by atoms with van der Waals surface area (Å²) in [5.41, 5.74) is 1.57. The van der Waals surface area contributed by atoms with Crippen LogP contribution >= 0.6 is 0 Å². The molecular weight excluding hydrogens is 150 g/mol. The molecule has 1 N–H and O–H groups in total. The largest absolute Gasteiger partial charge is 0.411 e. The van der Waals surface area contributed by atoms with E-state index in [-0.39, 0.29) is 0 Å². The molecule has 3 rings (SSSR count). The van der Waals surface area contributed by atoms with E-state index < -0.39 is 0 Å². The Balaban J connectivity index is 2.01. The van der Waals surface area contributed by atoms with Gasteiger partial charge in [0.1, 0.15) is 0 Å². The van der Waals surface area contributed by atoms with Crippen LogP contribution in [0.1, 0.15) is 38.5 Å². The number of nitrogens with zero attached hydrogens (tertiary/aromatic N) is 1. The molecule has 0 amide bonds. The van der Waals surface area contributed by atoms with Gasteiger partial charge in [0.15, 0.2) is 0 Å². The molecule has 0 aromatic rings. The van der Waals surface area contributed by atoms with E-state index in [4.69, 9.17) is 5.21 Å². The Bertz CT molecular complexity index is 242. The number of hydrogen-bond acceptors (Lipinski definition) is 2. The fraction of sp³-hybridized carbons (Fsp3) is 0.900. The molecule has 2 heteroatoms. The summed E-state index contributed by atoms with van der Waals surface area (Å²) in [6.45, 7) is 0. The first-order chi connectivity index (χ1) is 5.87. The van der Waals surface area contributed by atoms with E-state index in [1.165, 1.54) is 44.2 Å². The molecule has 3 saturated carbocycles. The Labute approximate surface area is 72.6 Å². The molecule has 3 aliphatic carbocycles. The smallest absolute Gasteiger partial charge is 0.0666 e. The van der Waals surface area contributed by atoms with E-state index in [9.17, 15) is 0 Å². The van der Waals surface area contributed by atoms with Gasteiger partial charge < -0.3 is 5.21 Å². The second kappa shape index (κ2) is 2.04.